The number of nitrogens with two attached hydrogens (primary N) is 1. The zero-order valence-electron chi connectivity index (χ0n) is 16.7. The molecular weight excluding hydrogens is 410 g/mol. The summed E-state index contributed by atoms with van der Waals surface area (Å²) in [6.45, 7) is -0.765. The maximum atomic E-state index is 12.4. The number of nitrogens with one attached hydrogen (secondary N) is 1. The summed E-state index contributed by atoms with van der Waals surface area (Å²) in [6, 6.07) is 5.58. The minimum Gasteiger partial charge on any atom is -0.454 e. The fourth-order valence-electron chi connectivity index (χ4n) is 2.94. The van der Waals surface area contributed by atoms with Gasteiger partial charge in [-0.3, -0.25) is 33.7 Å². The Bertz CT molecular complexity index is 1210. The Morgan fingerprint density at radius 2 is 1.68 bits per heavy atom. The van der Waals surface area contributed by atoms with Gasteiger partial charge in [-0.1, -0.05) is 0 Å². The average molecular weight is 429 g/mol. The lowest BCUT2D eigenvalue weighted by Crippen LogP contribution is -2.50. The second kappa shape index (κ2) is 8.26. The van der Waals surface area contributed by atoms with E-state index in [1.165, 1.54) is 38.4 Å². The molecule has 31 heavy (non-hydrogen) atoms. The highest BCUT2D eigenvalue weighted by molar-refractivity contribution is 6.03. The number of nitrogens with zero attached hydrogens (tertiary/aromatic N) is 3. The Balaban J connectivity index is 1.71. The number of ketones is 1. The molecule has 2 amide bonds. The van der Waals surface area contributed by atoms with E-state index in [1.54, 1.807) is 0 Å². The van der Waals surface area contributed by atoms with Crippen molar-refractivity contribution < 1.29 is 23.9 Å². The van der Waals surface area contributed by atoms with Gasteiger partial charge < -0.3 is 10.5 Å². The van der Waals surface area contributed by atoms with Crippen molar-refractivity contribution in [2.24, 2.45) is 14.1 Å². The number of amides is 2. The van der Waals surface area contributed by atoms with Crippen LogP contribution in [-0.2, 0) is 28.4 Å². The van der Waals surface area contributed by atoms with Crippen LogP contribution >= 0.6 is 0 Å². The second-order valence-corrected chi connectivity index (χ2v) is 6.78. The first kappa shape index (κ1) is 21.5. The van der Waals surface area contributed by atoms with Crippen LogP contribution in [0.4, 0.5) is 11.5 Å². The van der Waals surface area contributed by atoms with Gasteiger partial charge in [-0.2, -0.15) is 0 Å². The Morgan fingerprint density at radius 1 is 1.03 bits per heavy atom. The minimum absolute atomic E-state index is 0.0748. The summed E-state index contributed by atoms with van der Waals surface area (Å²) in [7, 11) is 2.50. The first-order valence-electron chi connectivity index (χ1n) is 9.10. The van der Waals surface area contributed by atoms with E-state index < -0.39 is 35.2 Å². The van der Waals surface area contributed by atoms with Crippen LogP contribution in [0.25, 0.3) is 0 Å². The van der Waals surface area contributed by atoms with Crippen LogP contribution in [0.15, 0.2) is 33.9 Å². The summed E-state index contributed by atoms with van der Waals surface area (Å²) < 4.78 is 6.63. The molecule has 1 saturated heterocycles. The number of esters is 1. The van der Waals surface area contributed by atoms with Gasteiger partial charge in [0.05, 0.1) is 11.3 Å². The van der Waals surface area contributed by atoms with Crippen LogP contribution < -0.4 is 27.4 Å². The molecule has 12 nitrogen and oxygen atoms in total. The highest BCUT2D eigenvalue weighted by atomic mass is 16.5. The van der Waals surface area contributed by atoms with Gasteiger partial charge in [0, 0.05) is 26.9 Å². The monoisotopic (exact) mass is 429 g/mol. The van der Waals surface area contributed by atoms with E-state index in [1.807, 2.05) is 0 Å². The fourth-order valence-corrected chi connectivity index (χ4v) is 2.94. The standard InChI is InChI=1S/C19H19N5O7/c1-22-16(20)15(17(28)23(2)19(22)30)12(25)9-31-18(29)10-3-5-11(6-4-10)24-14(27)8-7-13(26)21-24/h3-6H,7-9,20H2,1-2H3,(H,21,26). The highest BCUT2D eigenvalue weighted by Crippen LogP contribution is 2.18. The summed E-state index contributed by atoms with van der Waals surface area (Å²) in [4.78, 5) is 72.1. The Morgan fingerprint density at radius 3 is 2.32 bits per heavy atom. The number of hydrogen-bond acceptors (Lipinski definition) is 8. The molecule has 2 heterocycles. The Kier molecular flexibility index (Phi) is 5.72. The van der Waals surface area contributed by atoms with Gasteiger partial charge in [-0.25, -0.2) is 14.6 Å². The van der Waals surface area contributed by atoms with Crippen molar-refractivity contribution in [1.82, 2.24) is 14.6 Å². The number of Topliss-reactive ketones (excluding diaryl/α,β-unsaturated/α-hetero) is 1. The van der Waals surface area contributed by atoms with Crippen molar-refractivity contribution in [3.63, 3.8) is 0 Å². The molecular formula is C19H19N5O7. The molecule has 0 saturated carbocycles. The van der Waals surface area contributed by atoms with E-state index >= 15 is 0 Å². The van der Waals surface area contributed by atoms with Crippen molar-refractivity contribution in [3.05, 3.63) is 56.2 Å². The summed E-state index contributed by atoms with van der Waals surface area (Å²) >= 11 is 0. The molecule has 1 aromatic heterocycles. The summed E-state index contributed by atoms with van der Waals surface area (Å²) in [5.41, 5.74) is 6.53. The number of benzene rings is 1. The highest BCUT2D eigenvalue weighted by Gasteiger charge is 2.25. The van der Waals surface area contributed by atoms with Crippen LogP contribution in [0.5, 0.6) is 0 Å². The number of hydrazine groups is 1. The topological polar surface area (TPSA) is 163 Å². The molecule has 2 aromatic rings. The predicted octanol–water partition coefficient (Wildman–Crippen LogP) is -1.14. The number of aromatic nitrogens is 2. The molecule has 0 bridgehead atoms. The third-order valence-electron chi connectivity index (χ3n) is 4.74. The molecule has 0 spiro atoms. The molecule has 3 rings (SSSR count). The maximum Gasteiger partial charge on any atom is 0.338 e. The number of rotatable bonds is 5. The number of hydrogen-bond donors (Lipinski definition) is 2. The van der Waals surface area contributed by atoms with E-state index in [2.05, 4.69) is 5.43 Å². The maximum absolute atomic E-state index is 12.4. The van der Waals surface area contributed by atoms with Gasteiger partial charge in [-0.05, 0) is 24.3 Å². The molecule has 162 valence electrons. The molecule has 1 aromatic carbocycles. The lowest BCUT2D eigenvalue weighted by atomic mass is 10.1. The SMILES string of the molecule is Cn1c(N)c(C(=O)COC(=O)c2ccc(N3NC(=O)CCC3=O)cc2)c(=O)n(C)c1=O. The third kappa shape index (κ3) is 4.08. The van der Waals surface area contributed by atoms with Gasteiger partial charge >= 0.3 is 11.7 Å². The van der Waals surface area contributed by atoms with E-state index in [0.717, 1.165) is 14.1 Å². The largest absolute Gasteiger partial charge is 0.454 e. The minimum atomic E-state index is -0.890. The molecule has 1 fully saturated rings. The van der Waals surface area contributed by atoms with Gasteiger partial charge in [0.25, 0.3) is 5.56 Å². The molecule has 1 aliphatic rings. The first-order valence-corrected chi connectivity index (χ1v) is 9.10. The molecule has 0 aliphatic carbocycles. The first-order chi connectivity index (χ1) is 14.6. The summed E-state index contributed by atoms with van der Waals surface area (Å²) in [5, 5.41) is 1.09. The zero-order valence-corrected chi connectivity index (χ0v) is 16.7. The number of anilines is 2. The van der Waals surface area contributed by atoms with Crippen LogP contribution in [0.1, 0.15) is 33.6 Å². The summed E-state index contributed by atoms with van der Waals surface area (Å²) in [6.07, 6.45) is 0.183. The number of ether oxygens (including phenoxy) is 1. The number of nitrogen functional groups attached to an aromatic ring is 1. The molecule has 0 unspecified atom stereocenters. The molecule has 0 radical (unpaired) electrons. The van der Waals surface area contributed by atoms with Crippen LogP contribution in [0, 0.1) is 0 Å². The molecule has 0 atom stereocenters. The van der Waals surface area contributed by atoms with Crippen molar-refractivity contribution in [3.8, 4) is 0 Å². The molecule has 1 aliphatic heterocycles. The zero-order chi connectivity index (χ0) is 22.9. The Hall–Kier alpha value is -4.22. The quantitative estimate of drug-likeness (QED) is 0.445. The van der Waals surface area contributed by atoms with Crippen LogP contribution in [-0.4, -0.2) is 39.3 Å². The van der Waals surface area contributed by atoms with E-state index in [0.29, 0.717) is 5.69 Å². The van der Waals surface area contributed by atoms with Gasteiger partial charge in [0.15, 0.2) is 6.61 Å². The van der Waals surface area contributed by atoms with E-state index in [-0.39, 0.29) is 36.0 Å². The lowest BCUT2D eigenvalue weighted by molar-refractivity contribution is -0.130. The van der Waals surface area contributed by atoms with Crippen molar-refractivity contribution >= 4 is 35.1 Å². The predicted molar refractivity (Wildman–Crippen MR) is 107 cm³/mol. The summed E-state index contributed by atoms with van der Waals surface area (Å²) in [5.74, 6) is -2.64. The van der Waals surface area contributed by atoms with E-state index in [9.17, 15) is 28.8 Å². The van der Waals surface area contributed by atoms with Crippen molar-refractivity contribution in [2.45, 2.75) is 12.8 Å². The van der Waals surface area contributed by atoms with Gasteiger partial charge in [0.1, 0.15) is 11.4 Å². The molecule has 3 N–H and O–H groups in total. The van der Waals surface area contributed by atoms with Gasteiger partial charge in [-0.15, -0.1) is 0 Å². The smallest absolute Gasteiger partial charge is 0.338 e. The van der Waals surface area contributed by atoms with Crippen LogP contribution in [0.2, 0.25) is 0 Å². The third-order valence-corrected chi connectivity index (χ3v) is 4.74. The lowest BCUT2D eigenvalue weighted by Gasteiger charge is -2.27. The normalized spacial score (nSPS) is 13.7. The number of carbonyl (C=O) groups excluding carboxylic acids is 4. The van der Waals surface area contributed by atoms with Crippen molar-refractivity contribution in [2.75, 3.05) is 17.3 Å². The fraction of sp³-hybridized carbons (Fsp3) is 0.263. The van der Waals surface area contributed by atoms with Gasteiger partial charge in [0.2, 0.25) is 17.6 Å². The van der Waals surface area contributed by atoms with Crippen LogP contribution in [0.3, 0.4) is 0 Å². The van der Waals surface area contributed by atoms with Crippen molar-refractivity contribution in [1.29, 1.82) is 0 Å². The molecule has 12 heteroatoms. The van der Waals surface area contributed by atoms with E-state index in [4.69, 9.17) is 10.5 Å². The number of carbonyl (C=O) groups is 4. The average Bonchev–Trinajstić information content (AvgIpc) is 2.76. The Labute approximate surface area is 174 Å². The second-order valence-electron chi connectivity index (χ2n) is 6.78.